The summed E-state index contributed by atoms with van der Waals surface area (Å²) in [4.78, 5) is 13.7. The van der Waals surface area contributed by atoms with E-state index in [1.54, 1.807) is 54.2 Å². The van der Waals surface area contributed by atoms with Crippen molar-refractivity contribution in [1.82, 2.24) is 0 Å². The summed E-state index contributed by atoms with van der Waals surface area (Å²) >= 11 is 7.54. The van der Waals surface area contributed by atoms with Crippen LogP contribution in [0.15, 0.2) is 82.6 Å². The molecule has 0 heterocycles. The summed E-state index contributed by atoms with van der Waals surface area (Å²) < 4.78 is 27.2. The topological polar surface area (TPSA) is 66.5 Å². The van der Waals surface area contributed by atoms with Crippen LogP contribution in [0, 0.1) is 0 Å². The van der Waals surface area contributed by atoms with Gasteiger partial charge < -0.3 is 5.32 Å². The van der Waals surface area contributed by atoms with Crippen molar-refractivity contribution in [2.75, 3.05) is 22.9 Å². The zero-order valence-corrected chi connectivity index (χ0v) is 18.2. The van der Waals surface area contributed by atoms with E-state index < -0.39 is 10.0 Å². The number of amides is 1. The van der Waals surface area contributed by atoms with Gasteiger partial charge in [-0.2, -0.15) is 0 Å². The number of rotatable bonds is 6. The van der Waals surface area contributed by atoms with Gasteiger partial charge in [0.1, 0.15) is 0 Å². The maximum atomic E-state index is 13.0. The van der Waals surface area contributed by atoms with Crippen molar-refractivity contribution in [2.45, 2.75) is 9.79 Å². The molecule has 5 nitrogen and oxygen atoms in total. The number of anilines is 2. The predicted molar refractivity (Wildman–Crippen MR) is 120 cm³/mol. The molecule has 0 aliphatic carbocycles. The third kappa shape index (κ3) is 4.93. The van der Waals surface area contributed by atoms with Gasteiger partial charge in [0.15, 0.2) is 0 Å². The van der Waals surface area contributed by atoms with E-state index in [-0.39, 0.29) is 16.4 Å². The van der Waals surface area contributed by atoms with Gasteiger partial charge in [0.2, 0.25) is 0 Å². The molecule has 0 fully saturated rings. The second kappa shape index (κ2) is 8.90. The zero-order valence-electron chi connectivity index (χ0n) is 15.8. The zero-order chi connectivity index (χ0) is 21.0. The van der Waals surface area contributed by atoms with Crippen molar-refractivity contribution in [1.29, 1.82) is 0 Å². The lowest BCUT2D eigenvalue weighted by molar-refractivity contribution is 0.102. The van der Waals surface area contributed by atoms with E-state index in [2.05, 4.69) is 5.32 Å². The Morgan fingerprint density at radius 2 is 1.72 bits per heavy atom. The molecule has 1 amide bonds. The molecule has 0 bridgehead atoms. The van der Waals surface area contributed by atoms with Crippen molar-refractivity contribution in [3.05, 3.63) is 83.4 Å². The molecule has 150 valence electrons. The average molecular weight is 447 g/mol. The Hall–Kier alpha value is -2.48. The number of hydrogen-bond acceptors (Lipinski definition) is 4. The van der Waals surface area contributed by atoms with Gasteiger partial charge in [-0.25, -0.2) is 8.42 Å². The first-order valence-corrected chi connectivity index (χ1v) is 11.7. The van der Waals surface area contributed by atoms with Crippen LogP contribution in [-0.4, -0.2) is 27.6 Å². The molecule has 1 N–H and O–H groups in total. The van der Waals surface area contributed by atoms with Crippen LogP contribution in [0.1, 0.15) is 10.4 Å². The summed E-state index contributed by atoms with van der Waals surface area (Å²) in [6, 6.07) is 19.9. The Morgan fingerprint density at radius 3 is 2.45 bits per heavy atom. The van der Waals surface area contributed by atoms with Crippen LogP contribution in [0.4, 0.5) is 11.4 Å². The molecule has 0 atom stereocenters. The molecule has 0 spiro atoms. The lowest BCUT2D eigenvalue weighted by Crippen LogP contribution is -2.26. The smallest absolute Gasteiger partial charge is 0.264 e. The van der Waals surface area contributed by atoms with E-state index in [1.165, 1.54) is 19.2 Å². The molecule has 0 saturated heterocycles. The van der Waals surface area contributed by atoms with E-state index in [4.69, 9.17) is 11.6 Å². The standard InChI is InChI=1S/C21H19ClN2O3S2/c1-24(18-9-4-7-16(22)13-18)29(26,27)20-11-3-6-15(12-20)21(25)23-17-8-5-10-19(14-17)28-2/h3-14H,1-2H3,(H,23,25). The number of carbonyl (C=O) groups is 1. The van der Waals surface area contributed by atoms with E-state index in [1.807, 2.05) is 24.5 Å². The van der Waals surface area contributed by atoms with Gasteiger partial charge >= 0.3 is 0 Å². The Labute approximate surface area is 179 Å². The fourth-order valence-corrected chi connectivity index (χ4v) is 4.55. The Kier molecular flexibility index (Phi) is 6.52. The van der Waals surface area contributed by atoms with Crippen LogP contribution in [0.3, 0.4) is 0 Å². The lowest BCUT2D eigenvalue weighted by Gasteiger charge is -2.20. The first-order valence-electron chi connectivity index (χ1n) is 8.61. The van der Waals surface area contributed by atoms with Crippen LogP contribution in [0.5, 0.6) is 0 Å². The molecule has 0 aromatic heterocycles. The molecule has 0 unspecified atom stereocenters. The Balaban J connectivity index is 1.87. The SMILES string of the molecule is CSc1cccc(NC(=O)c2cccc(S(=O)(=O)N(C)c3cccc(Cl)c3)c2)c1. The highest BCUT2D eigenvalue weighted by Crippen LogP contribution is 2.25. The largest absolute Gasteiger partial charge is 0.322 e. The van der Waals surface area contributed by atoms with E-state index in [0.29, 0.717) is 16.4 Å². The van der Waals surface area contributed by atoms with E-state index >= 15 is 0 Å². The molecule has 0 aliphatic rings. The quantitative estimate of drug-likeness (QED) is 0.532. The van der Waals surface area contributed by atoms with Gasteiger partial charge in [0.05, 0.1) is 10.6 Å². The Bertz CT molecular complexity index is 1150. The number of sulfonamides is 1. The van der Waals surface area contributed by atoms with Gasteiger partial charge in [0.25, 0.3) is 15.9 Å². The van der Waals surface area contributed by atoms with Crippen LogP contribution >= 0.6 is 23.4 Å². The summed E-state index contributed by atoms with van der Waals surface area (Å²) in [5, 5.41) is 3.24. The third-order valence-corrected chi connectivity index (χ3v) is 7.00. The highest BCUT2D eigenvalue weighted by molar-refractivity contribution is 7.98. The summed E-state index contributed by atoms with van der Waals surface area (Å²) in [5.41, 5.74) is 1.33. The molecule has 3 aromatic carbocycles. The van der Waals surface area contributed by atoms with Crippen molar-refractivity contribution in [3.8, 4) is 0 Å². The van der Waals surface area contributed by atoms with Crippen LogP contribution in [-0.2, 0) is 10.0 Å². The summed E-state index contributed by atoms with van der Waals surface area (Å²) in [7, 11) is -2.41. The first-order chi connectivity index (χ1) is 13.8. The van der Waals surface area contributed by atoms with Crippen molar-refractivity contribution in [2.24, 2.45) is 0 Å². The molecule has 8 heteroatoms. The minimum atomic E-state index is -3.86. The normalized spacial score (nSPS) is 11.1. The van der Waals surface area contributed by atoms with Crippen LogP contribution in [0.2, 0.25) is 5.02 Å². The lowest BCUT2D eigenvalue weighted by atomic mass is 10.2. The molecule has 0 saturated carbocycles. The molecule has 0 radical (unpaired) electrons. The fourth-order valence-electron chi connectivity index (χ4n) is 2.67. The number of hydrogen-bond donors (Lipinski definition) is 1. The Morgan fingerprint density at radius 1 is 1.00 bits per heavy atom. The highest BCUT2D eigenvalue weighted by Gasteiger charge is 2.22. The minimum Gasteiger partial charge on any atom is -0.322 e. The number of halogens is 1. The summed E-state index contributed by atoms with van der Waals surface area (Å²) in [6.45, 7) is 0. The second-order valence-corrected chi connectivity index (χ2v) is 9.45. The number of carbonyl (C=O) groups excluding carboxylic acids is 1. The van der Waals surface area contributed by atoms with Crippen molar-refractivity contribution < 1.29 is 13.2 Å². The van der Waals surface area contributed by atoms with E-state index in [0.717, 1.165) is 9.20 Å². The first kappa shape index (κ1) is 21.2. The highest BCUT2D eigenvalue weighted by atomic mass is 35.5. The molecule has 29 heavy (non-hydrogen) atoms. The molecular formula is C21H19ClN2O3S2. The number of benzene rings is 3. The summed E-state index contributed by atoms with van der Waals surface area (Å²) in [6.07, 6.45) is 1.95. The number of nitrogens with zero attached hydrogens (tertiary/aromatic N) is 1. The van der Waals surface area contributed by atoms with Gasteiger partial charge in [-0.05, 0) is 60.9 Å². The monoisotopic (exact) mass is 446 g/mol. The van der Waals surface area contributed by atoms with Crippen LogP contribution < -0.4 is 9.62 Å². The van der Waals surface area contributed by atoms with Crippen molar-refractivity contribution in [3.63, 3.8) is 0 Å². The number of nitrogens with one attached hydrogen (secondary N) is 1. The number of thioether (sulfide) groups is 1. The van der Waals surface area contributed by atoms with Gasteiger partial charge in [-0.1, -0.05) is 29.8 Å². The van der Waals surface area contributed by atoms with E-state index in [9.17, 15) is 13.2 Å². The van der Waals surface area contributed by atoms with Gasteiger partial charge in [-0.3, -0.25) is 9.10 Å². The maximum Gasteiger partial charge on any atom is 0.264 e. The van der Waals surface area contributed by atoms with Gasteiger partial charge in [-0.15, -0.1) is 11.8 Å². The molecular weight excluding hydrogens is 428 g/mol. The predicted octanol–water partition coefficient (Wildman–Crippen LogP) is 5.14. The average Bonchev–Trinajstić information content (AvgIpc) is 2.73. The maximum absolute atomic E-state index is 13.0. The van der Waals surface area contributed by atoms with Crippen LogP contribution in [0.25, 0.3) is 0 Å². The second-order valence-electron chi connectivity index (χ2n) is 6.17. The molecule has 3 rings (SSSR count). The third-order valence-electron chi connectivity index (χ3n) is 4.25. The molecule has 3 aromatic rings. The minimum absolute atomic E-state index is 0.0190. The molecule has 0 aliphatic heterocycles. The summed E-state index contributed by atoms with van der Waals surface area (Å²) in [5.74, 6) is -0.384. The van der Waals surface area contributed by atoms with Crippen molar-refractivity contribution >= 4 is 50.7 Å². The fraction of sp³-hybridized carbons (Fsp3) is 0.0952. The van der Waals surface area contributed by atoms with Gasteiger partial charge in [0, 0.05) is 28.2 Å².